The lowest BCUT2D eigenvalue weighted by Crippen LogP contribution is -2.30. The number of halogens is 3. The van der Waals surface area contributed by atoms with Crippen molar-refractivity contribution in [3.8, 4) is 5.75 Å². The first-order valence-corrected chi connectivity index (χ1v) is 7.32. The summed E-state index contributed by atoms with van der Waals surface area (Å²) in [6.07, 6.45) is -3.79. The molecular formula is C13H14F3NO2S. The van der Waals surface area contributed by atoms with Gasteiger partial charge in [-0.2, -0.15) is 11.8 Å². The molecule has 0 spiro atoms. The van der Waals surface area contributed by atoms with Crippen LogP contribution in [0, 0.1) is 5.92 Å². The van der Waals surface area contributed by atoms with Crippen molar-refractivity contribution < 1.29 is 22.7 Å². The molecule has 7 heteroatoms. The van der Waals surface area contributed by atoms with Crippen molar-refractivity contribution in [1.29, 1.82) is 0 Å². The molecule has 0 saturated carbocycles. The zero-order valence-corrected chi connectivity index (χ0v) is 11.4. The molecule has 1 saturated heterocycles. The van der Waals surface area contributed by atoms with Crippen LogP contribution in [0.2, 0.25) is 0 Å². The second-order valence-electron chi connectivity index (χ2n) is 4.48. The molecular weight excluding hydrogens is 291 g/mol. The van der Waals surface area contributed by atoms with E-state index in [0.717, 1.165) is 24.0 Å². The number of para-hydroxylation sites is 1. The summed E-state index contributed by atoms with van der Waals surface area (Å²) in [5.41, 5.74) is -0.101. The first-order chi connectivity index (χ1) is 9.46. The zero-order valence-electron chi connectivity index (χ0n) is 10.6. The number of nitrogens with one attached hydrogen (secondary N) is 1. The molecule has 0 radical (unpaired) electrons. The number of amides is 1. The van der Waals surface area contributed by atoms with E-state index in [2.05, 4.69) is 10.1 Å². The van der Waals surface area contributed by atoms with Gasteiger partial charge in [0, 0.05) is 6.54 Å². The van der Waals surface area contributed by atoms with Crippen LogP contribution < -0.4 is 10.1 Å². The van der Waals surface area contributed by atoms with E-state index >= 15 is 0 Å². The van der Waals surface area contributed by atoms with Crippen LogP contribution in [0.15, 0.2) is 24.3 Å². The predicted molar refractivity (Wildman–Crippen MR) is 70.9 cm³/mol. The predicted octanol–water partition coefficient (Wildman–Crippen LogP) is 3.07. The molecule has 3 nitrogen and oxygen atoms in total. The lowest BCUT2D eigenvalue weighted by Gasteiger charge is -2.14. The summed E-state index contributed by atoms with van der Waals surface area (Å²) in [7, 11) is 0. The molecule has 1 heterocycles. The highest BCUT2D eigenvalue weighted by atomic mass is 32.2. The second kappa shape index (κ2) is 6.39. The Hall–Kier alpha value is -1.37. The highest BCUT2D eigenvalue weighted by molar-refractivity contribution is 7.99. The monoisotopic (exact) mass is 305 g/mol. The quantitative estimate of drug-likeness (QED) is 0.929. The van der Waals surface area contributed by atoms with Gasteiger partial charge in [0.05, 0.1) is 5.56 Å². The molecule has 1 aromatic carbocycles. The fraction of sp³-hybridized carbons (Fsp3) is 0.462. The van der Waals surface area contributed by atoms with Gasteiger partial charge in [-0.15, -0.1) is 13.2 Å². The number of hydrogen-bond acceptors (Lipinski definition) is 3. The molecule has 1 atom stereocenters. The Balaban J connectivity index is 2.01. The molecule has 110 valence electrons. The van der Waals surface area contributed by atoms with Gasteiger partial charge in [0.25, 0.3) is 5.91 Å². The maximum atomic E-state index is 12.3. The maximum Gasteiger partial charge on any atom is 0.573 e. The summed E-state index contributed by atoms with van der Waals surface area (Å²) in [6.45, 7) is 0.478. The lowest BCUT2D eigenvalue weighted by atomic mass is 10.1. The molecule has 0 aliphatic carbocycles. The van der Waals surface area contributed by atoms with E-state index in [-0.39, 0.29) is 5.56 Å². The van der Waals surface area contributed by atoms with Crippen LogP contribution in [0.25, 0.3) is 0 Å². The summed E-state index contributed by atoms with van der Waals surface area (Å²) >= 11 is 1.82. The van der Waals surface area contributed by atoms with Crippen LogP contribution in [0.1, 0.15) is 16.8 Å². The smallest absolute Gasteiger partial charge is 0.405 e. The van der Waals surface area contributed by atoms with Crippen molar-refractivity contribution in [2.75, 3.05) is 18.1 Å². The van der Waals surface area contributed by atoms with Crippen LogP contribution >= 0.6 is 11.8 Å². The fourth-order valence-corrected chi connectivity index (χ4v) is 3.23. The van der Waals surface area contributed by atoms with Gasteiger partial charge in [-0.1, -0.05) is 12.1 Å². The SMILES string of the molecule is O=C(NC[C@@H]1CCSC1)c1ccccc1OC(F)(F)F. The minimum Gasteiger partial charge on any atom is -0.405 e. The number of rotatable bonds is 4. The Morgan fingerprint density at radius 1 is 1.40 bits per heavy atom. The fourth-order valence-electron chi connectivity index (χ4n) is 1.94. The van der Waals surface area contributed by atoms with E-state index in [9.17, 15) is 18.0 Å². The number of ether oxygens (including phenoxy) is 1. The number of thioether (sulfide) groups is 1. The summed E-state index contributed by atoms with van der Waals surface area (Å²) in [6, 6.07) is 5.35. The molecule has 1 N–H and O–H groups in total. The Labute approximate surface area is 118 Å². The van der Waals surface area contributed by atoms with Gasteiger partial charge in [0.2, 0.25) is 0 Å². The van der Waals surface area contributed by atoms with Crippen LogP contribution in [0.5, 0.6) is 5.75 Å². The summed E-state index contributed by atoms with van der Waals surface area (Å²) in [4.78, 5) is 11.9. The topological polar surface area (TPSA) is 38.3 Å². The van der Waals surface area contributed by atoms with E-state index in [0.29, 0.717) is 12.5 Å². The molecule has 1 aromatic rings. The normalized spacial score (nSPS) is 18.9. The number of carbonyl (C=O) groups is 1. The van der Waals surface area contributed by atoms with Crippen molar-refractivity contribution >= 4 is 17.7 Å². The van der Waals surface area contributed by atoms with E-state index in [4.69, 9.17) is 0 Å². The maximum absolute atomic E-state index is 12.3. The van der Waals surface area contributed by atoms with Crippen LogP contribution in [-0.2, 0) is 0 Å². The number of carbonyl (C=O) groups excluding carboxylic acids is 1. The van der Waals surface area contributed by atoms with Crippen LogP contribution in [-0.4, -0.2) is 30.3 Å². The highest BCUT2D eigenvalue weighted by Crippen LogP contribution is 2.26. The Morgan fingerprint density at radius 2 is 2.15 bits per heavy atom. The largest absolute Gasteiger partial charge is 0.573 e. The highest BCUT2D eigenvalue weighted by Gasteiger charge is 2.32. The molecule has 2 rings (SSSR count). The van der Waals surface area contributed by atoms with Gasteiger partial charge in [0.15, 0.2) is 0 Å². The van der Waals surface area contributed by atoms with Gasteiger partial charge < -0.3 is 10.1 Å². The molecule has 0 aromatic heterocycles. The number of alkyl halides is 3. The number of benzene rings is 1. The summed E-state index contributed by atoms with van der Waals surface area (Å²) in [5.74, 6) is 1.41. The first-order valence-electron chi connectivity index (χ1n) is 6.16. The van der Waals surface area contributed by atoms with E-state index in [1.807, 2.05) is 11.8 Å². The molecule has 1 aliphatic rings. The van der Waals surface area contributed by atoms with Gasteiger partial charge in [-0.3, -0.25) is 4.79 Å². The van der Waals surface area contributed by atoms with Crippen molar-refractivity contribution in [3.63, 3.8) is 0 Å². The van der Waals surface area contributed by atoms with Crippen LogP contribution in [0.3, 0.4) is 0 Å². The van der Waals surface area contributed by atoms with Crippen molar-refractivity contribution in [1.82, 2.24) is 5.32 Å². The zero-order chi connectivity index (χ0) is 14.6. The number of hydrogen-bond donors (Lipinski definition) is 1. The minimum absolute atomic E-state index is 0.101. The van der Waals surface area contributed by atoms with E-state index in [1.54, 1.807) is 0 Å². The third-order valence-corrected chi connectivity index (χ3v) is 4.16. The Kier molecular flexibility index (Phi) is 4.80. The van der Waals surface area contributed by atoms with Gasteiger partial charge in [0.1, 0.15) is 5.75 Å². The molecule has 0 unspecified atom stereocenters. The van der Waals surface area contributed by atoms with E-state index in [1.165, 1.54) is 18.2 Å². The van der Waals surface area contributed by atoms with Gasteiger partial charge >= 0.3 is 6.36 Å². The first kappa shape index (κ1) is 15.0. The molecule has 1 aliphatic heterocycles. The lowest BCUT2D eigenvalue weighted by molar-refractivity contribution is -0.274. The average Bonchev–Trinajstić information content (AvgIpc) is 2.88. The molecule has 1 fully saturated rings. The second-order valence-corrected chi connectivity index (χ2v) is 5.63. The third kappa shape index (κ3) is 4.33. The summed E-state index contributed by atoms with van der Waals surface area (Å²) < 4.78 is 40.6. The van der Waals surface area contributed by atoms with Gasteiger partial charge in [-0.25, -0.2) is 0 Å². The molecule has 0 bridgehead atoms. The minimum atomic E-state index is -4.81. The molecule has 1 amide bonds. The van der Waals surface area contributed by atoms with Crippen molar-refractivity contribution in [2.45, 2.75) is 12.8 Å². The molecule has 20 heavy (non-hydrogen) atoms. The average molecular weight is 305 g/mol. The van der Waals surface area contributed by atoms with Crippen molar-refractivity contribution in [2.24, 2.45) is 5.92 Å². The summed E-state index contributed by atoms with van der Waals surface area (Å²) in [5, 5.41) is 2.67. The Bertz CT molecular complexity index is 473. The van der Waals surface area contributed by atoms with Gasteiger partial charge in [-0.05, 0) is 36.0 Å². The third-order valence-electron chi connectivity index (χ3n) is 2.93. The van der Waals surface area contributed by atoms with E-state index < -0.39 is 18.0 Å². The van der Waals surface area contributed by atoms with Crippen molar-refractivity contribution in [3.05, 3.63) is 29.8 Å². The Morgan fingerprint density at radius 3 is 2.80 bits per heavy atom. The standard InChI is InChI=1S/C13H14F3NO2S/c14-13(15,16)19-11-4-2-1-3-10(11)12(18)17-7-9-5-6-20-8-9/h1-4,9H,5-8H2,(H,17,18)/t9-/m0/s1. The van der Waals surface area contributed by atoms with Crippen LogP contribution in [0.4, 0.5) is 13.2 Å².